The van der Waals surface area contributed by atoms with Gasteiger partial charge in [0.25, 0.3) is 0 Å². The standard InChI is InChI=1S/C15H21F3N2O/c1-2-9-19-12-4-3-10-20(11-12)13-5-7-14(8-6-13)21-15(16,17)18/h5-8,12,19H,2-4,9-11H2,1H3. The number of rotatable bonds is 5. The van der Waals surface area contributed by atoms with Crippen molar-refractivity contribution in [3.05, 3.63) is 24.3 Å². The quantitative estimate of drug-likeness (QED) is 0.900. The molecule has 1 heterocycles. The Morgan fingerprint density at radius 1 is 1.29 bits per heavy atom. The van der Waals surface area contributed by atoms with Crippen molar-refractivity contribution in [1.29, 1.82) is 0 Å². The molecule has 1 saturated heterocycles. The van der Waals surface area contributed by atoms with Crippen LogP contribution in [0.25, 0.3) is 0 Å². The lowest BCUT2D eigenvalue weighted by atomic mass is 10.0. The molecule has 1 unspecified atom stereocenters. The fourth-order valence-electron chi connectivity index (χ4n) is 2.59. The largest absolute Gasteiger partial charge is 0.573 e. The van der Waals surface area contributed by atoms with Gasteiger partial charge in [-0.15, -0.1) is 13.2 Å². The number of hydrogen-bond donors (Lipinski definition) is 1. The molecule has 0 saturated carbocycles. The molecule has 1 aromatic carbocycles. The molecule has 2 rings (SSSR count). The van der Waals surface area contributed by atoms with Crippen molar-refractivity contribution in [2.24, 2.45) is 0 Å². The highest BCUT2D eigenvalue weighted by Crippen LogP contribution is 2.26. The van der Waals surface area contributed by atoms with Crippen molar-refractivity contribution in [2.45, 2.75) is 38.6 Å². The summed E-state index contributed by atoms with van der Waals surface area (Å²) in [6.45, 7) is 4.95. The Labute approximate surface area is 123 Å². The van der Waals surface area contributed by atoms with Crippen molar-refractivity contribution in [2.75, 3.05) is 24.5 Å². The van der Waals surface area contributed by atoms with Gasteiger partial charge in [-0.25, -0.2) is 0 Å². The Balaban J connectivity index is 1.95. The molecule has 0 aliphatic carbocycles. The first-order valence-electron chi connectivity index (χ1n) is 7.32. The normalized spacial score (nSPS) is 19.6. The fourth-order valence-corrected chi connectivity index (χ4v) is 2.59. The van der Waals surface area contributed by atoms with Gasteiger partial charge in [-0.1, -0.05) is 6.92 Å². The van der Waals surface area contributed by atoms with Gasteiger partial charge in [-0.05, 0) is 50.1 Å². The van der Waals surface area contributed by atoms with Gasteiger partial charge in [-0.2, -0.15) is 0 Å². The lowest BCUT2D eigenvalue weighted by Crippen LogP contribution is -2.46. The monoisotopic (exact) mass is 302 g/mol. The van der Waals surface area contributed by atoms with E-state index in [2.05, 4.69) is 21.9 Å². The lowest BCUT2D eigenvalue weighted by Gasteiger charge is -2.35. The number of halogens is 3. The van der Waals surface area contributed by atoms with E-state index in [-0.39, 0.29) is 5.75 Å². The molecular formula is C15H21F3N2O. The summed E-state index contributed by atoms with van der Waals surface area (Å²) in [7, 11) is 0. The van der Waals surface area contributed by atoms with Crippen molar-refractivity contribution in [1.82, 2.24) is 5.32 Å². The van der Waals surface area contributed by atoms with Crippen LogP contribution in [-0.4, -0.2) is 32.0 Å². The van der Waals surface area contributed by atoms with E-state index in [1.165, 1.54) is 12.1 Å². The molecule has 0 amide bonds. The Hall–Kier alpha value is -1.43. The number of piperidine rings is 1. The van der Waals surface area contributed by atoms with Gasteiger partial charge in [0.15, 0.2) is 0 Å². The first-order chi connectivity index (χ1) is 9.98. The Morgan fingerprint density at radius 3 is 2.62 bits per heavy atom. The van der Waals surface area contributed by atoms with Crippen molar-refractivity contribution >= 4 is 5.69 Å². The third-order valence-corrected chi connectivity index (χ3v) is 3.54. The van der Waals surface area contributed by atoms with Gasteiger partial charge < -0.3 is 15.0 Å². The van der Waals surface area contributed by atoms with Crippen LogP contribution >= 0.6 is 0 Å². The molecule has 21 heavy (non-hydrogen) atoms. The second-order valence-corrected chi connectivity index (χ2v) is 5.28. The summed E-state index contributed by atoms with van der Waals surface area (Å²) in [6, 6.07) is 6.55. The molecule has 0 bridgehead atoms. The van der Waals surface area contributed by atoms with Crippen molar-refractivity contribution in [3.63, 3.8) is 0 Å². The number of nitrogens with zero attached hydrogens (tertiary/aromatic N) is 1. The predicted octanol–water partition coefficient (Wildman–Crippen LogP) is 3.55. The molecular weight excluding hydrogens is 281 g/mol. The van der Waals surface area contributed by atoms with Crippen LogP contribution in [0.2, 0.25) is 0 Å². The number of nitrogens with one attached hydrogen (secondary N) is 1. The van der Waals surface area contributed by atoms with Gasteiger partial charge in [0.05, 0.1) is 0 Å². The average molecular weight is 302 g/mol. The van der Waals surface area contributed by atoms with Gasteiger partial charge >= 0.3 is 6.36 Å². The van der Waals surface area contributed by atoms with E-state index in [0.717, 1.165) is 44.6 Å². The summed E-state index contributed by atoms with van der Waals surface area (Å²) in [5, 5.41) is 3.50. The Kier molecular flexibility index (Phi) is 5.33. The molecule has 1 N–H and O–H groups in total. The van der Waals surface area contributed by atoms with E-state index in [1.807, 2.05) is 0 Å². The second kappa shape index (κ2) is 7.02. The fraction of sp³-hybridized carbons (Fsp3) is 0.600. The zero-order valence-electron chi connectivity index (χ0n) is 12.1. The van der Waals surface area contributed by atoms with Crippen LogP contribution in [0.5, 0.6) is 5.75 Å². The summed E-state index contributed by atoms with van der Waals surface area (Å²) in [5.41, 5.74) is 0.938. The average Bonchev–Trinajstić information content (AvgIpc) is 2.44. The van der Waals surface area contributed by atoms with Crippen LogP contribution < -0.4 is 15.0 Å². The predicted molar refractivity (Wildman–Crippen MR) is 76.7 cm³/mol. The molecule has 0 radical (unpaired) electrons. The van der Waals surface area contributed by atoms with Gasteiger partial charge in [0.2, 0.25) is 0 Å². The second-order valence-electron chi connectivity index (χ2n) is 5.28. The molecule has 3 nitrogen and oxygen atoms in total. The van der Waals surface area contributed by atoms with E-state index >= 15 is 0 Å². The Bertz CT molecular complexity index is 434. The first kappa shape index (κ1) is 15.9. The minimum atomic E-state index is -4.64. The van der Waals surface area contributed by atoms with E-state index in [9.17, 15) is 13.2 Å². The van der Waals surface area contributed by atoms with Crippen molar-refractivity contribution in [3.8, 4) is 5.75 Å². The SMILES string of the molecule is CCCNC1CCCN(c2ccc(OC(F)(F)F)cc2)C1. The minimum Gasteiger partial charge on any atom is -0.406 e. The maximum absolute atomic E-state index is 12.1. The molecule has 118 valence electrons. The number of hydrogen-bond acceptors (Lipinski definition) is 3. The topological polar surface area (TPSA) is 24.5 Å². The highest BCUT2D eigenvalue weighted by Gasteiger charge is 2.31. The van der Waals surface area contributed by atoms with Crippen LogP contribution in [0.1, 0.15) is 26.2 Å². The first-order valence-corrected chi connectivity index (χ1v) is 7.32. The third-order valence-electron chi connectivity index (χ3n) is 3.54. The molecule has 1 fully saturated rings. The summed E-state index contributed by atoms with van der Waals surface area (Å²) >= 11 is 0. The van der Waals surface area contributed by atoms with Gasteiger partial charge in [0.1, 0.15) is 5.75 Å². The molecule has 1 aliphatic heterocycles. The molecule has 1 atom stereocenters. The van der Waals surface area contributed by atoms with Gasteiger partial charge in [-0.3, -0.25) is 0 Å². The smallest absolute Gasteiger partial charge is 0.406 e. The number of benzene rings is 1. The van der Waals surface area contributed by atoms with Crippen LogP contribution in [0.15, 0.2) is 24.3 Å². The number of anilines is 1. The maximum atomic E-state index is 12.1. The van der Waals surface area contributed by atoms with Crippen LogP contribution in [-0.2, 0) is 0 Å². The van der Waals surface area contributed by atoms with E-state index in [4.69, 9.17) is 0 Å². The molecule has 0 aromatic heterocycles. The molecule has 1 aliphatic rings. The zero-order chi connectivity index (χ0) is 15.3. The molecule has 1 aromatic rings. The van der Waals surface area contributed by atoms with Crippen LogP contribution in [0, 0.1) is 0 Å². The minimum absolute atomic E-state index is 0.177. The van der Waals surface area contributed by atoms with Crippen LogP contribution in [0.4, 0.5) is 18.9 Å². The molecule has 0 spiro atoms. The highest BCUT2D eigenvalue weighted by atomic mass is 19.4. The van der Waals surface area contributed by atoms with E-state index in [1.54, 1.807) is 12.1 Å². The number of alkyl halides is 3. The summed E-state index contributed by atoms with van der Waals surface area (Å²) in [4.78, 5) is 2.20. The van der Waals surface area contributed by atoms with Crippen LogP contribution in [0.3, 0.4) is 0 Å². The van der Waals surface area contributed by atoms with Crippen molar-refractivity contribution < 1.29 is 17.9 Å². The summed E-state index contributed by atoms with van der Waals surface area (Å²) < 4.78 is 40.3. The zero-order valence-corrected chi connectivity index (χ0v) is 12.1. The third kappa shape index (κ3) is 5.12. The lowest BCUT2D eigenvalue weighted by molar-refractivity contribution is -0.274. The molecule has 6 heteroatoms. The highest BCUT2D eigenvalue weighted by molar-refractivity contribution is 5.49. The summed E-state index contributed by atoms with van der Waals surface area (Å²) in [5.74, 6) is -0.177. The number of ether oxygens (including phenoxy) is 1. The van der Waals surface area contributed by atoms with Gasteiger partial charge in [0, 0.05) is 24.8 Å². The summed E-state index contributed by atoms with van der Waals surface area (Å²) in [6.07, 6.45) is -1.31. The Morgan fingerprint density at radius 2 is 2.00 bits per heavy atom. The van der Waals surface area contributed by atoms with E-state index in [0.29, 0.717) is 6.04 Å². The van der Waals surface area contributed by atoms with E-state index < -0.39 is 6.36 Å². The maximum Gasteiger partial charge on any atom is 0.573 e.